The third kappa shape index (κ3) is 4.19. The highest BCUT2D eigenvalue weighted by Gasteiger charge is 2.14. The van der Waals surface area contributed by atoms with Crippen LogP contribution in [-0.4, -0.2) is 24.7 Å². The number of nitrogens with one attached hydrogen (secondary N) is 2. The van der Waals surface area contributed by atoms with Crippen LogP contribution >= 0.6 is 11.3 Å². The molecule has 2 aromatic rings. The highest BCUT2D eigenvalue weighted by atomic mass is 32.1. The summed E-state index contributed by atoms with van der Waals surface area (Å²) in [5.41, 5.74) is 7.87. The number of thiazole rings is 1. The molecular formula is C15H20N4O2S. The second-order valence-corrected chi connectivity index (χ2v) is 5.57. The number of nitrogens with zero attached hydrogens (tertiary/aromatic N) is 1. The smallest absolute Gasteiger partial charge is 0.321 e. The summed E-state index contributed by atoms with van der Waals surface area (Å²) in [6.07, 6.45) is 0.888. The summed E-state index contributed by atoms with van der Waals surface area (Å²) in [6, 6.07) is 6.95. The van der Waals surface area contributed by atoms with Crippen LogP contribution in [0.4, 0.5) is 9.93 Å². The van der Waals surface area contributed by atoms with Gasteiger partial charge >= 0.3 is 6.03 Å². The zero-order valence-electron chi connectivity index (χ0n) is 12.6. The van der Waals surface area contributed by atoms with Crippen LogP contribution in [0.5, 0.6) is 5.75 Å². The van der Waals surface area contributed by atoms with Crippen molar-refractivity contribution in [2.75, 3.05) is 19.0 Å². The molecule has 0 spiro atoms. The van der Waals surface area contributed by atoms with E-state index in [1.807, 2.05) is 36.6 Å². The van der Waals surface area contributed by atoms with Crippen molar-refractivity contribution in [1.29, 1.82) is 0 Å². The Kier molecular flexibility index (Phi) is 5.74. The monoisotopic (exact) mass is 320 g/mol. The van der Waals surface area contributed by atoms with Crippen LogP contribution in [0.1, 0.15) is 30.6 Å². The van der Waals surface area contributed by atoms with Crippen molar-refractivity contribution in [3.8, 4) is 5.75 Å². The van der Waals surface area contributed by atoms with Gasteiger partial charge in [0.15, 0.2) is 5.13 Å². The highest BCUT2D eigenvalue weighted by molar-refractivity contribution is 7.13. The summed E-state index contributed by atoms with van der Waals surface area (Å²) in [7, 11) is 1.62. The van der Waals surface area contributed by atoms with Crippen molar-refractivity contribution in [2.24, 2.45) is 5.73 Å². The lowest BCUT2D eigenvalue weighted by molar-refractivity contribution is 0.252. The van der Waals surface area contributed by atoms with Crippen LogP contribution in [0.15, 0.2) is 29.6 Å². The van der Waals surface area contributed by atoms with Crippen LogP contribution in [0.25, 0.3) is 0 Å². The molecule has 6 nitrogen and oxygen atoms in total. The predicted octanol–water partition coefficient (Wildman–Crippen LogP) is 2.73. The molecule has 4 N–H and O–H groups in total. The normalized spacial score (nSPS) is 11.8. The Hall–Kier alpha value is -2.12. The molecule has 0 radical (unpaired) electrons. The van der Waals surface area contributed by atoms with E-state index in [-0.39, 0.29) is 12.1 Å². The molecule has 1 aromatic carbocycles. The minimum absolute atomic E-state index is 0.249. The summed E-state index contributed by atoms with van der Waals surface area (Å²) in [4.78, 5) is 16.0. The number of hydrogen-bond acceptors (Lipinski definition) is 5. The molecule has 2 amide bonds. The fourth-order valence-electron chi connectivity index (χ4n) is 1.85. The maximum atomic E-state index is 11.6. The molecule has 0 aliphatic rings. The SMILES string of the molecule is CCCNC(=O)Nc1nc(C(N)c2ccc(OC)cc2)cs1. The largest absolute Gasteiger partial charge is 0.497 e. The molecule has 7 heteroatoms. The van der Waals surface area contributed by atoms with Crippen LogP contribution < -0.4 is 21.1 Å². The van der Waals surface area contributed by atoms with Crippen molar-refractivity contribution in [1.82, 2.24) is 10.3 Å². The highest BCUT2D eigenvalue weighted by Crippen LogP contribution is 2.25. The van der Waals surface area contributed by atoms with Crippen molar-refractivity contribution in [3.63, 3.8) is 0 Å². The fourth-order valence-corrected chi connectivity index (χ4v) is 2.59. The van der Waals surface area contributed by atoms with E-state index in [0.29, 0.717) is 11.7 Å². The van der Waals surface area contributed by atoms with E-state index in [2.05, 4.69) is 15.6 Å². The molecule has 0 saturated carbocycles. The van der Waals surface area contributed by atoms with Gasteiger partial charge in [0.05, 0.1) is 18.8 Å². The standard InChI is InChI=1S/C15H20N4O2S/c1-3-8-17-14(20)19-15-18-12(9-22-15)13(16)10-4-6-11(21-2)7-5-10/h4-7,9,13H,3,8,16H2,1-2H3,(H2,17,18,19,20). The van der Waals surface area contributed by atoms with Crippen molar-refractivity contribution in [2.45, 2.75) is 19.4 Å². The number of amides is 2. The third-order valence-electron chi connectivity index (χ3n) is 3.07. The summed E-state index contributed by atoms with van der Waals surface area (Å²) < 4.78 is 5.13. The van der Waals surface area contributed by atoms with Gasteiger partial charge < -0.3 is 15.8 Å². The number of urea groups is 1. The van der Waals surface area contributed by atoms with Crippen LogP contribution in [0.2, 0.25) is 0 Å². The van der Waals surface area contributed by atoms with Crippen LogP contribution in [0, 0.1) is 0 Å². The van der Waals surface area contributed by atoms with Crippen molar-refractivity contribution >= 4 is 22.5 Å². The Labute approximate surface area is 133 Å². The minimum Gasteiger partial charge on any atom is -0.497 e. The molecule has 1 unspecified atom stereocenters. The van der Waals surface area contributed by atoms with Gasteiger partial charge in [0.1, 0.15) is 5.75 Å². The Morgan fingerprint density at radius 1 is 1.41 bits per heavy atom. The van der Waals surface area contributed by atoms with Crippen molar-refractivity contribution in [3.05, 3.63) is 40.9 Å². The lowest BCUT2D eigenvalue weighted by Gasteiger charge is -2.10. The number of benzene rings is 1. The first-order valence-electron chi connectivity index (χ1n) is 7.03. The second kappa shape index (κ2) is 7.77. The summed E-state index contributed by atoms with van der Waals surface area (Å²) in [5, 5.41) is 7.82. The molecule has 1 heterocycles. The van der Waals surface area contributed by atoms with Gasteiger partial charge in [0.25, 0.3) is 0 Å². The fraction of sp³-hybridized carbons (Fsp3) is 0.333. The predicted molar refractivity (Wildman–Crippen MR) is 88.5 cm³/mol. The lowest BCUT2D eigenvalue weighted by Crippen LogP contribution is -2.29. The van der Waals surface area contributed by atoms with Crippen LogP contribution in [-0.2, 0) is 0 Å². The van der Waals surface area contributed by atoms with E-state index in [0.717, 1.165) is 23.4 Å². The Bertz CT molecular complexity index is 612. The number of carbonyl (C=O) groups excluding carboxylic acids is 1. The zero-order valence-corrected chi connectivity index (χ0v) is 13.4. The topological polar surface area (TPSA) is 89.3 Å². The molecule has 2 rings (SSSR count). The maximum absolute atomic E-state index is 11.6. The number of anilines is 1. The Morgan fingerprint density at radius 2 is 2.14 bits per heavy atom. The number of methoxy groups -OCH3 is 1. The lowest BCUT2D eigenvalue weighted by atomic mass is 10.1. The molecule has 118 valence electrons. The quantitative estimate of drug-likeness (QED) is 0.763. The van der Waals surface area contributed by atoms with Gasteiger partial charge in [-0.2, -0.15) is 0 Å². The first-order chi connectivity index (χ1) is 10.6. The second-order valence-electron chi connectivity index (χ2n) is 4.71. The average Bonchev–Trinajstić information content (AvgIpc) is 3.00. The molecule has 1 aromatic heterocycles. The first kappa shape index (κ1) is 16.3. The van der Waals surface area contributed by atoms with E-state index in [4.69, 9.17) is 10.5 Å². The number of ether oxygens (including phenoxy) is 1. The molecule has 0 saturated heterocycles. The number of rotatable bonds is 6. The Morgan fingerprint density at radius 3 is 2.77 bits per heavy atom. The Balaban J connectivity index is 2.01. The number of hydrogen-bond donors (Lipinski definition) is 3. The molecule has 0 fully saturated rings. The molecule has 1 atom stereocenters. The minimum atomic E-state index is -0.337. The molecule has 0 aliphatic heterocycles. The van der Waals surface area contributed by atoms with E-state index >= 15 is 0 Å². The van der Waals surface area contributed by atoms with Gasteiger partial charge in [-0.05, 0) is 24.1 Å². The van der Waals surface area contributed by atoms with Crippen molar-refractivity contribution < 1.29 is 9.53 Å². The average molecular weight is 320 g/mol. The van der Waals surface area contributed by atoms with E-state index in [1.54, 1.807) is 7.11 Å². The summed E-state index contributed by atoms with van der Waals surface area (Å²) in [5.74, 6) is 0.782. The van der Waals surface area contributed by atoms with E-state index in [9.17, 15) is 4.79 Å². The first-order valence-corrected chi connectivity index (χ1v) is 7.91. The molecule has 0 aliphatic carbocycles. The number of aromatic nitrogens is 1. The van der Waals surface area contributed by atoms with E-state index < -0.39 is 0 Å². The van der Waals surface area contributed by atoms with Gasteiger partial charge in [-0.3, -0.25) is 5.32 Å². The van der Waals surface area contributed by atoms with Gasteiger partial charge in [-0.15, -0.1) is 11.3 Å². The summed E-state index contributed by atoms with van der Waals surface area (Å²) >= 11 is 1.35. The maximum Gasteiger partial charge on any atom is 0.321 e. The molecule has 22 heavy (non-hydrogen) atoms. The number of carbonyl (C=O) groups is 1. The van der Waals surface area contributed by atoms with Gasteiger partial charge in [0.2, 0.25) is 0 Å². The van der Waals surface area contributed by atoms with Gasteiger partial charge in [-0.1, -0.05) is 19.1 Å². The number of nitrogens with two attached hydrogens (primary N) is 1. The summed E-state index contributed by atoms with van der Waals surface area (Å²) in [6.45, 7) is 2.63. The van der Waals surface area contributed by atoms with Crippen LogP contribution in [0.3, 0.4) is 0 Å². The molecule has 0 bridgehead atoms. The molecular weight excluding hydrogens is 300 g/mol. The van der Waals surface area contributed by atoms with Gasteiger partial charge in [0, 0.05) is 11.9 Å². The van der Waals surface area contributed by atoms with Gasteiger partial charge in [-0.25, -0.2) is 9.78 Å². The zero-order chi connectivity index (χ0) is 15.9. The third-order valence-corrected chi connectivity index (χ3v) is 3.85. The van der Waals surface area contributed by atoms with E-state index in [1.165, 1.54) is 11.3 Å².